The number of likely N-dealkylation sites (tertiary alicyclic amines) is 1. The molecule has 1 fully saturated rings. The Labute approximate surface area is 206 Å². The van der Waals surface area contributed by atoms with E-state index in [1.807, 2.05) is 20.0 Å². The van der Waals surface area contributed by atoms with E-state index in [0.29, 0.717) is 17.2 Å². The Morgan fingerprint density at radius 2 is 1.83 bits per heavy atom. The predicted molar refractivity (Wildman–Crippen MR) is 129 cm³/mol. The van der Waals surface area contributed by atoms with Crippen molar-refractivity contribution in [2.75, 3.05) is 32.1 Å². The van der Waals surface area contributed by atoms with Crippen molar-refractivity contribution in [3.63, 3.8) is 0 Å². The van der Waals surface area contributed by atoms with Crippen molar-refractivity contribution in [3.8, 4) is 10.6 Å². The summed E-state index contributed by atoms with van der Waals surface area (Å²) in [5.41, 5.74) is 2.61. The Morgan fingerprint density at radius 1 is 1.14 bits per heavy atom. The van der Waals surface area contributed by atoms with E-state index < -0.39 is 12.0 Å². The third kappa shape index (κ3) is 6.15. The van der Waals surface area contributed by atoms with Gasteiger partial charge in [0.15, 0.2) is 0 Å². The molecule has 0 bridgehead atoms. The summed E-state index contributed by atoms with van der Waals surface area (Å²) in [5, 5.41) is 3.59. The molecular weight excluding hydrogens is 477 g/mol. The first-order valence-corrected chi connectivity index (χ1v) is 12.1. The minimum absolute atomic E-state index is 0.0116. The van der Waals surface area contributed by atoms with Gasteiger partial charge in [0.05, 0.1) is 0 Å². The molecule has 1 aliphatic heterocycles. The summed E-state index contributed by atoms with van der Waals surface area (Å²) < 4.78 is 38.1. The van der Waals surface area contributed by atoms with Gasteiger partial charge in [0.2, 0.25) is 5.82 Å². The molecule has 1 N–H and O–H groups in total. The molecule has 11 heteroatoms. The van der Waals surface area contributed by atoms with Gasteiger partial charge in [-0.2, -0.15) is 13.2 Å². The molecule has 0 saturated carbocycles. The number of halogens is 3. The van der Waals surface area contributed by atoms with Gasteiger partial charge in [-0.25, -0.2) is 15.0 Å². The van der Waals surface area contributed by atoms with Gasteiger partial charge < -0.3 is 15.1 Å². The number of hydrogen-bond donors (Lipinski definition) is 1. The second kappa shape index (κ2) is 10.3. The molecule has 186 valence electrons. The summed E-state index contributed by atoms with van der Waals surface area (Å²) in [4.78, 5) is 29.8. The van der Waals surface area contributed by atoms with Crippen LogP contribution in [0.1, 0.15) is 39.5 Å². The normalized spacial score (nSPS) is 15.3. The largest absolute Gasteiger partial charge is 0.451 e. The average molecular weight is 505 g/mol. The topological polar surface area (TPSA) is 74.2 Å². The van der Waals surface area contributed by atoms with Crippen LogP contribution >= 0.6 is 11.3 Å². The number of anilines is 1. The van der Waals surface area contributed by atoms with E-state index in [9.17, 15) is 18.0 Å². The maximum absolute atomic E-state index is 13.1. The monoisotopic (exact) mass is 504 g/mol. The number of aromatic nitrogens is 3. The number of aryl methyl sites for hydroxylation is 1. The first-order valence-electron chi connectivity index (χ1n) is 11.3. The fourth-order valence-electron chi connectivity index (χ4n) is 4.03. The summed E-state index contributed by atoms with van der Waals surface area (Å²) in [6.07, 6.45) is 1.41. The molecule has 7 nitrogen and oxygen atoms in total. The van der Waals surface area contributed by atoms with Gasteiger partial charge in [0.1, 0.15) is 5.01 Å². The SMILES string of the molecule is Cc1cnc(-c2cc(C(=O)NCc3cnc(C(F)(F)F)nc3)cc(N(C)C3CCN(C)CC3)c2)s1. The number of amides is 1. The number of carbonyl (C=O) groups is 1. The van der Waals surface area contributed by atoms with Crippen LogP contribution in [0.25, 0.3) is 10.6 Å². The van der Waals surface area contributed by atoms with Gasteiger partial charge in [-0.05, 0) is 58.1 Å². The number of rotatable bonds is 6. The average Bonchev–Trinajstić information content (AvgIpc) is 3.28. The van der Waals surface area contributed by atoms with E-state index in [-0.39, 0.29) is 12.5 Å². The molecule has 0 unspecified atom stereocenters. The molecule has 1 saturated heterocycles. The van der Waals surface area contributed by atoms with Crippen LogP contribution in [0.15, 0.2) is 36.8 Å². The summed E-state index contributed by atoms with van der Waals surface area (Å²) >= 11 is 1.55. The molecule has 35 heavy (non-hydrogen) atoms. The van der Waals surface area contributed by atoms with Crippen LogP contribution in [0, 0.1) is 6.92 Å². The number of hydrogen-bond acceptors (Lipinski definition) is 7. The number of nitrogens with zero attached hydrogens (tertiary/aromatic N) is 5. The zero-order chi connectivity index (χ0) is 25.2. The smallest absolute Gasteiger partial charge is 0.371 e. The maximum atomic E-state index is 13.1. The lowest BCUT2D eigenvalue weighted by atomic mass is 10.0. The lowest BCUT2D eigenvalue weighted by Gasteiger charge is -2.36. The molecule has 1 aliphatic rings. The summed E-state index contributed by atoms with van der Waals surface area (Å²) in [6.45, 7) is 4.03. The quantitative estimate of drug-likeness (QED) is 0.537. The van der Waals surface area contributed by atoms with Crippen molar-refractivity contribution in [2.45, 2.75) is 38.5 Å². The number of nitrogens with one attached hydrogen (secondary N) is 1. The van der Waals surface area contributed by atoms with Crippen molar-refractivity contribution in [3.05, 3.63) is 58.6 Å². The standard InChI is InChI=1S/C24H27F3N6OS/c1-15-11-29-22(35-15)18-8-17(9-20(10-18)33(3)19-4-6-32(2)7-5-19)21(34)28-12-16-13-30-23(31-14-16)24(25,26)27/h8-11,13-14,19H,4-7,12H2,1-3H3,(H,28,34). The van der Waals surface area contributed by atoms with E-state index in [1.165, 1.54) is 0 Å². The molecule has 0 spiro atoms. The number of benzene rings is 1. The first-order chi connectivity index (χ1) is 16.6. The molecule has 3 heterocycles. The summed E-state index contributed by atoms with van der Waals surface area (Å²) in [6, 6.07) is 6.06. The third-order valence-electron chi connectivity index (χ3n) is 6.10. The summed E-state index contributed by atoms with van der Waals surface area (Å²) in [5.74, 6) is -1.54. The molecule has 2 aromatic heterocycles. The maximum Gasteiger partial charge on any atom is 0.451 e. The Morgan fingerprint density at radius 3 is 2.43 bits per heavy atom. The van der Waals surface area contributed by atoms with Crippen molar-refractivity contribution in [1.29, 1.82) is 0 Å². The Bertz CT molecular complexity index is 1170. The van der Waals surface area contributed by atoms with Crippen LogP contribution in [0.2, 0.25) is 0 Å². The van der Waals surface area contributed by atoms with E-state index in [2.05, 4.69) is 43.2 Å². The van der Waals surface area contributed by atoms with E-state index >= 15 is 0 Å². The molecule has 3 aromatic rings. The Balaban J connectivity index is 1.55. The van der Waals surface area contributed by atoms with Gasteiger partial charge in [0, 0.05) is 65.5 Å². The molecule has 0 atom stereocenters. The van der Waals surface area contributed by atoms with Crippen molar-refractivity contribution in [1.82, 2.24) is 25.2 Å². The Kier molecular flexibility index (Phi) is 7.36. The van der Waals surface area contributed by atoms with E-state index in [4.69, 9.17) is 0 Å². The molecule has 0 radical (unpaired) electrons. The van der Waals surface area contributed by atoms with Gasteiger partial charge in [0.25, 0.3) is 5.91 Å². The molecule has 4 rings (SSSR count). The second-order valence-electron chi connectivity index (χ2n) is 8.79. The van der Waals surface area contributed by atoms with Gasteiger partial charge >= 0.3 is 6.18 Å². The number of thiazole rings is 1. The minimum Gasteiger partial charge on any atom is -0.371 e. The van der Waals surface area contributed by atoms with Gasteiger partial charge in [-0.3, -0.25) is 4.79 Å². The lowest BCUT2D eigenvalue weighted by Crippen LogP contribution is -2.42. The highest BCUT2D eigenvalue weighted by Gasteiger charge is 2.34. The number of piperidine rings is 1. The van der Waals surface area contributed by atoms with Gasteiger partial charge in [-0.15, -0.1) is 11.3 Å². The predicted octanol–water partition coefficient (Wildman–Crippen LogP) is 4.39. The fraction of sp³-hybridized carbons (Fsp3) is 0.417. The van der Waals surface area contributed by atoms with Crippen molar-refractivity contribution >= 4 is 22.9 Å². The second-order valence-corrected chi connectivity index (χ2v) is 10.0. The van der Waals surface area contributed by atoms with Crippen LogP contribution in [-0.4, -0.2) is 59.0 Å². The highest BCUT2D eigenvalue weighted by molar-refractivity contribution is 7.14. The van der Waals surface area contributed by atoms with Gasteiger partial charge in [-0.1, -0.05) is 0 Å². The fourth-order valence-corrected chi connectivity index (χ4v) is 4.78. The van der Waals surface area contributed by atoms with Crippen LogP contribution in [0.3, 0.4) is 0 Å². The Hall–Kier alpha value is -3.05. The zero-order valence-corrected chi connectivity index (χ0v) is 20.6. The van der Waals surface area contributed by atoms with Crippen LogP contribution in [0.4, 0.5) is 18.9 Å². The molecular formula is C24H27F3N6OS. The van der Waals surface area contributed by atoms with Crippen LogP contribution in [0.5, 0.6) is 0 Å². The lowest BCUT2D eigenvalue weighted by molar-refractivity contribution is -0.145. The number of carbonyl (C=O) groups excluding carboxylic acids is 1. The third-order valence-corrected chi connectivity index (χ3v) is 7.07. The highest BCUT2D eigenvalue weighted by Crippen LogP contribution is 2.31. The van der Waals surface area contributed by atoms with Crippen LogP contribution in [-0.2, 0) is 12.7 Å². The molecule has 1 aromatic carbocycles. The summed E-state index contributed by atoms with van der Waals surface area (Å²) in [7, 11) is 4.16. The highest BCUT2D eigenvalue weighted by atomic mass is 32.1. The molecule has 0 aliphatic carbocycles. The number of alkyl halides is 3. The van der Waals surface area contributed by atoms with Crippen LogP contribution < -0.4 is 10.2 Å². The minimum atomic E-state index is -4.60. The zero-order valence-electron chi connectivity index (χ0n) is 19.8. The molecule has 1 amide bonds. The van der Waals surface area contributed by atoms with Crippen molar-refractivity contribution < 1.29 is 18.0 Å². The van der Waals surface area contributed by atoms with Crippen molar-refractivity contribution in [2.24, 2.45) is 0 Å². The van der Waals surface area contributed by atoms with E-state index in [1.54, 1.807) is 23.6 Å². The first kappa shape index (κ1) is 25.1. The van der Waals surface area contributed by atoms with E-state index in [0.717, 1.165) is 59.5 Å².